The van der Waals surface area contributed by atoms with Gasteiger partial charge in [0.05, 0.1) is 6.04 Å². The van der Waals surface area contributed by atoms with Crippen molar-refractivity contribution in [3.63, 3.8) is 0 Å². The third kappa shape index (κ3) is 3.91. The van der Waals surface area contributed by atoms with Gasteiger partial charge in [0.25, 0.3) is 0 Å². The smallest absolute Gasteiger partial charge is 0.240 e. The molecule has 0 fully saturated rings. The average Bonchev–Trinajstić information content (AvgIpc) is 2.87. The van der Waals surface area contributed by atoms with Crippen LogP contribution in [-0.2, 0) is 21.2 Å². The van der Waals surface area contributed by atoms with Gasteiger partial charge in [-0.25, -0.2) is 13.4 Å². The lowest BCUT2D eigenvalue weighted by molar-refractivity contribution is -0.122. The topological polar surface area (TPSA) is 81.1 Å². The van der Waals surface area contributed by atoms with Gasteiger partial charge in [-0.15, -0.1) is 0 Å². The molecule has 0 saturated heterocycles. The first kappa shape index (κ1) is 15.2. The van der Waals surface area contributed by atoms with Gasteiger partial charge >= 0.3 is 0 Å². The van der Waals surface area contributed by atoms with E-state index in [0.29, 0.717) is 0 Å². The van der Waals surface area contributed by atoms with Crippen LogP contribution in [0, 0.1) is 0 Å². The van der Waals surface area contributed by atoms with E-state index in [1.807, 2.05) is 37.3 Å². The quantitative estimate of drug-likeness (QED) is 0.899. The minimum Gasteiger partial charge on any atom is -0.348 e. The number of benzene rings is 1. The minimum absolute atomic E-state index is 0.0838. The van der Waals surface area contributed by atoms with Gasteiger partial charge in [0.2, 0.25) is 20.9 Å². The van der Waals surface area contributed by atoms with Crippen LogP contribution in [0.3, 0.4) is 0 Å². The summed E-state index contributed by atoms with van der Waals surface area (Å²) in [5.41, 5.74) is 0.986. The van der Waals surface area contributed by atoms with Crippen LogP contribution < -0.4 is 5.32 Å². The Morgan fingerprint density at radius 3 is 2.62 bits per heavy atom. The predicted molar refractivity (Wildman–Crippen MR) is 78.3 cm³/mol. The minimum atomic E-state index is -3.44. The SMILES string of the molecule is CC(NC(=O)Cn1ccnc1S(C)(=O)=O)c1ccccc1. The van der Waals surface area contributed by atoms with Crippen molar-refractivity contribution in [2.24, 2.45) is 0 Å². The van der Waals surface area contributed by atoms with Crippen LogP contribution in [0.2, 0.25) is 0 Å². The number of nitrogens with zero attached hydrogens (tertiary/aromatic N) is 2. The molecular weight excluding hydrogens is 290 g/mol. The van der Waals surface area contributed by atoms with E-state index in [2.05, 4.69) is 10.3 Å². The second kappa shape index (κ2) is 6.09. The summed E-state index contributed by atoms with van der Waals surface area (Å²) in [6.45, 7) is 1.79. The van der Waals surface area contributed by atoms with E-state index in [1.54, 1.807) is 0 Å². The lowest BCUT2D eigenvalue weighted by Gasteiger charge is -2.15. The molecule has 2 aromatic rings. The maximum atomic E-state index is 12.0. The molecule has 0 aliphatic heterocycles. The van der Waals surface area contributed by atoms with Crippen LogP contribution in [0.25, 0.3) is 0 Å². The van der Waals surface area contributed by atoms with Crippen molar-refractivity contribution in [1.82, 2.24) is 14.9 Å². The fourth-order valence-electron chi connectivity index (χ4n) is 2.01. The molecule has 112 valence electrons. The fourth-order valence-corrected chi connectivity index (χ4v) is 2.82. The molecule has 1 aromatic heterocycles. The number of amides is 1. The van der Waals surface area contributed by atoms with Crippen LogP contribution in [0.5, 0.6) is 0 Å². The van der Waals surface area contributed by atoms with Crippen molar-refractivity contribution in [1.29, 1.82) is 0 Å². The second-order valence-electron chi connectivity index (χ2n) is 4.81. The molecule has 0 aliphatic rings. The van der Waals surface area contributed by atoms with E-state index in [1.165, 1.54) is 17.0 Å². The Balaban J connectivity index is 2.05. The molecule has 7 heteroatoms. The highest BCUT2D eigenvalue weighted by Gasteiger charge is 2.17. The van der Waals surface area contributed by atoms with Gasteiger partial charge in [0.15, 0.2) is 0 Å². The van der Waals surface area contributed by atoms with Gasteiger partial charge in [0.1, 0.15) is 6.54 Å². The molecule has 1 unspecified atom stereocenters. The number of hydrogen-bond donors (Lipinski definition) is 1. The molecule has 21 heavy (non-hydrogen) atoms. The molecule has 0 saturated carbocycles. The summed E-state index contributed by atoms with van der Waals surface area (Å²) in [5.74, 6) is -0.269. The summed E-state index contributed by atoms with van der Waals surface area (Å²) in [6.07, 6.45) is 3.91. The molecule has 1 amide bonds. The molecule has 2 rings (SSSR count). The zero-order chi connectivity index (χ0) is 15.5. The maximum absolute atomic E-state index is 12.0. The molecule has 0 aliphatic carbocycles. The van der Waals surface area contributed by atoms with E-state index in [0.717, 1.165) is 11.8 Å². The molecule has 1 atom stereocenters. The third-order valence-corrected chi connectivity index (χ3v) is 4.00. The first-order valence-electron chi connectivity index (χ1n) is 6.43. The van der Waals surface area contributed by atoms with Crippen molar-refractivity contribution >= 4 is 15.7 Å². The average molecular weight is 307 g/mol. The largest absolute Gasteiger partial charge is 0.348 e. The Morgan fingerprint density at radius 1 is 1.33 bits per heavy atom. The van der Waals surface area contributed by atoms with Crippen molar-refractivity contribution < 1.29 is 13.2 Å². The van der Waals surface area contributed by atoms with Crippen molar-refractivity contribution in [2.45, 2.75) is 24.7 Å². The molecule has 0 bridgehead atoms. The molecule has 0 radical (unpaired) electrons. The predicted octanol–water partition coefficient (Wildman–Crippen LogP) is 1.16. The van der Waals surface area contributed by atoms with Gasteiger partial charge in [-0.2, -0.15) is 0 Å². The van der Waals surface area contributed by atoms with Crippen LogP contribution in [-0.4, -0.2) is 30.1 Å². The van der Waals surface area contributed by atoms with Gasteiger partial charge in [0, 0.05) is 18.6 Å². The monoisotopic (exact) mass is 307 g/mol. The van der Waals surface area contributed by atoms with E-state index in [4.69, 9.17) is 0 Å². The van der Waals surface area contributed by atoms with Gasteiger partial charge in [-0.1, -0.05) is 30.3 Å². The highest BCUT2D eigenvalue weighted by molar-refractivity contribution is 7.90. The summed E-state index contributed by atoms with van der Waals surface area (Å²) in [6, 6.07) is 9.39. The number of sulfone groups is 1. The molecule has 1 aromatic carbocycles. The molecule has 6 nitrogen and oxygen atoms in total. The summed E-state index contributed by atoms with van der Waals surface area (Å²) in [4.78, 5) is 15.8. The summed E-state index contributed by atoms with van der Waals surface area (Å²) in [5, 5.41) is 2.72. The Labute approximate surface area is 123 Å². The first-order chi connectivity index (χ1) is 9.88. The second-order valence-corrected chi connectivity index (χ2v) is 6.72. The normalized spacial score (nSPS) is 12.9. The number of carbonyl (C=O) groups is 1. The molecule has 1 N–H and O–H groups in total. The zero-order valence-corrected chi connectivity index (χ0v) is 12.7. The number of hydrogen-bond acceptors (Lipinski definition) is 4. The summed E-state index contributed by atoms with van der Waals surface area (Å²) in [7, 11) is -3.44. The maximum Gasteiger partial charge on any atom is 0.240 e. The summed E-state index contributed by atoms with van der Waals surface area (Å²) >= 11 is 0. The third-order valence-electron chi connectivity index (χ3n) is 3.00. The van der Waals surface area contributed by atoms with E-state index in [-0.39, 0.29) is 23.7 Å². The highest BCUT2D eigenvalue weighted by Crippen LogP contribution is 2.11. The van der Waals surface area contributed by atoms with Gasteiger partial charge in [-0.3, -0.25) is 4.79 Å². The fraction of sp³-hybridized carbons (Fsp3) is 0.286. The first-order valence-corrected chi connectivity index (χ1v) is 8.32. The van der Waals surface area contributed by atoms with Crippen molar-refractivity contribution in [2.75, 3.05) is 6.26 Å². The molecular formula is C14H17N3O3S. The molecule has 0 spiro atoms. The van der Waals surface area contributed by atoms with Crippen LogP contribution in [0.15, 0.2) is 47.9 Å². The number of carbonyl (C=O) groups excluding carboxylic acids is 1. The Kier molecular flexibility index (Phi) is 4.42. The van der Waals surface area contributed by atoms with Crippen molar-refractivity contribution in [3.05, 3.63) is 48.3 Å². The van der Waals surface area contributed by atoms with E-state index >= 15 is 0 Å². The molecule has 1 heterocycles. The number of nitrogens with one attached hydrogen (secondary N) is 1. The highest BCUT2D eigenvalue weighted by atomic mass is 32.2. The van der Waals surface area contributed by atoms with E-state index in [9.17, 15) is 13.2 Å². The lowest BCUT2D eigenvalue weighted by atomic mass is 10.1. The number of rotatable bonds is 5. The number of aromatic nitrogens is 2. The zero-order valence-electron chi connectivity index (χ0n) is 11.9. The number of imidazole rings is 1. The van der Waals surface area contributed by atoms with Crippen LogP contribution >= 0.6 is 0 Å². The lowest BCUT2D eigenvalue weighted by Crippen LogP contribution is -2.30. The Bertz CT molecular complexity index is 723. The van der Waals surface area contributed by atoms with Gasteiger partial charge in [-0.05, 0) is 12.5 Å². The van der Waals surface area contributed by atoms with Gasteiger partial charge < -0.3 is 9.88 Å². The Hall–Kier alpha value is -2.15. The standard InChI is InChI=1S/C14H17N3O3S/c1-11(12-6-4-3-5-7-12)16-13(18)10-17-9-8-15-14(17)21(2,19)20/h3-9,11H,10H2,1-2H3,(H,16,18). The summed E-state index contributed by atoms with van der Waals surface area (Å²) < 4.78 is 24.4. The van der Waals surface area contributed by atoms with Crippen LogP contribution in [0.4, 0.5) is 0 Å². The van der Waals surface area contributed by atoms with Crippen LogP contribution in [0.1, 0.15) is 18.5 Å². The van der Waals surface area contributed by atoms with Crippen molar-refractivity contribution in [3.8, 4) is 0 Å². The van der Waals surface area contributed by atoms with E-state index < -0.39 is 9.84 Å². The Morgan fingerprint density at radius 2 is 2.00 bits per heavy atom.